The van der Waals surface area contributed by atoms with Gasteiger partial charge in [-0.3, -0.25) is 0 Å². The van der Waals surface area contributed by atoms with Crippen molar-refractivity contribution in [2.75, 3.05) is 0 Å². The van der Waals surface area contributed by atoms with Crippen LogP contribution in [0.25, 0.3) is 10.9 Å². The van der Waals surface area contributed by atoms with E-state index in [-0.39, 0.29) is 5.90 Å². The third-order valence-corrected chi connectivity index (χ3v) is 1.95. The van der Waals surface area contributed by atoms with Crippen molar-refractivity contribution >= 4 is 16.8 Å². The molecule has 0 radical (unpaired) electrons. The number of benzene rings is 1. The van der Waals surface area contributed by atoms with E-state index in [2.05, 4.69) is 10.1 Å². The lowest BCUT2D eigenvalue weighted by molar-refractivity contribution is 0.303. The highest BCUT2D eigenvalue weighted by Gasteiger charge is 2.04. The topological polar surface area (TPSA) is 57.6 Å². The number of H-pyrrole nitrogens is 1. The van der Waals surface area contributed by atoms with Crippen LogP contribution in [-0.4, -0.2) is 16.1 Å². The zero-order valence-electron chi connectivity index (χ0n) is 7.69. The molecule has 2 aromatic rings. The second kappa shape index (κ2) is 3.41. The van der Waals surface area contributed by atoms with E-state index in [1.54, 1.807) is 13.1 Å². The number of hydrogen-bond donors (Lipinski definition) is 2. The molecule has 1 aromatic heterocycles. The molecule has 4 heteroatoms. The number of ether oxygens (including phenoxy) is 1. The van der Waals surface area contributed by atoms with E-state index in [9.17, 15) is 0 Å². The Labute approximate surface area is 80.8 Å². The molecule has 0 saturated carbocycles. The summed E-state index contributed by atoms with van der Waals surface area (Å²) in [4.78, 5) is 3.06. The van der Waals surface area contributed by atoms with E-state index in [4.69, 9.17) is 9.94 Å². The molecule has 14 heavy (non-hydrogen) atoms. The van der Waals surface area contributed by atoms with Gasteiger partial charge in [-0.05, 0) is 12.1 Å². The lowest BCUT2D eigenvalue weighted by atomic mass is 10.2. The third-order valence-electron chi connectivity index (χ3n) is 1.95. The van der Waals surface area contributed by atoms with Gasteiger partial charge in [-0.2, -0.15) is 0 Å². The molecule has 0 aliphatic carbocycles. The Hall–Kier alpha value is -1.97. The minimum atomic E-state index is 0.217. The first-order chi connectivity index (χ1) is 6.81. The Balaban J connectivity index is 2.43. The highest BCUT2D eigenvalue weighted by atomic mass is 16.5. The highest BCUT2D eigenvalue weighted by molar-refractivity contribution is 5.89. The second-order valence-electron chi connectivity index (χ2n) is 2.92. The van der Waals surface area contributed by atoms with Crippen molar-refractivity contribution in [2.45, 2.75) is 6.92 Å². The van der Waals surface area contributed by atoms with Crippen molar-refractivity contribution in [3.05, 3.63) is 30.5 Å². The molecule has 0 amide bonds. The molecular weight excluding hydrogens is 180 g/mol. The van der Waals surface area contributed by atoms with Crippen molar-refractivity contribution in [1.29, 1.82) is 0 Å². The van der Waals surface area contributed by atoms with Crippen molar-refractivity contribution < 1.29 is 9.94 Å². The molecule has 0 aliphatic rings. The van der Waals surface area contributed by atoms with Crippen LogP contribution >= 0.6 is 0 Å². The van der Waals surface area contributed by atoms with Crippen LogP contribution in [0, 0.1) is 0 Å². The van der Waals surface area contributed by atoms with Crippen molar-refractivity contribution in [3.63, 3.8) is 0 Å². The number of hydrogen-bond acceptors (Lipinski definition) is 3. The maximum absolute atomic E-state index is 8.46. The van der Waals surface area contributed by atoms with Gasteiger partial charge in [0.25, 0.3) is 0 Å². The van der Waals surface area contributed by atoms with E-state index in [1.165, 1.54) is 0 Å². The van der Waals surface area contributed by atoms with Crippen LogP contribution in [-0.2, 0) is 0 Å². The minimum Gasteiger partial charge on any atom is -0.438 e. The normalized spacial score (nSPS) is 11.9. The first kappa shape index (κ1) is 8.62. The first-order valence-corrected chi connectivity index (χ1v) is 4.24. The van der Waals surface area contributed by atoms with Gasteiger partial charge < -0.3 is 14.9 Å². The molecule has 0 saturated heterocycles. The van der Waals surface area contributed by atoms with Gasteiger partial charge in [0.2, 0.25) is 5.90 Å². The molecule has 0 atom stereocenters. The van der Waals surface area contributed by atoms with Crippen LogP contribution in [0.2, 0.25) is 0 Å². The second-order valence-corrected chi connectivity index (χ2v) is 2.92. The van der Waals surface area contributed by atoms with Crippen LogP contribution < -0.4 is 4.74 Å². The molecule has 1 aromatic carbocycles. The Morgan fingerprint density at radius 1 is 1.43 bits per heavy atom. The summed E-state index contributed by atoms with van der Waals surface area (Å²) in [7, 11) is 0. The van der Waals surface area contributed by atoms with Crippen LogP contribution in [0.1, 0.15) is 6.92 Å². The largest absolute Gasteiger partial charge is 0.438 e. The monoisotopic (exact) mass is 190 g/mol. The van der Waals surface area contributed by atoms with Gasteiger partial charge in [0, 0.05) is 24.0 Å². The van der Waals surface area contributed by atoms with Crippen molar-refractivity contribution in [1.82, 2.24) is 4.98 Å². The lowest BCUT2D eigenvalue weighted by Crippen LogP contribution is -2.01. The van der Waals surface area contributed by atoms with Gasteiger partial charge in [0.15, 0.2) is 5.75 Å². The van der Waals surface area contributed by atoms with Gasteiger partial charge >= 0.3 is 0 Å². The molecule has 2 N–H and O–H groups in total. The molecule has 0 spiro atoms. The summed E-state index contributed by atoms with van der Waals surface area (Å²) in [5.41, 5.74) is 0.994. The Kier molecular flexibility index (Phi) is 2.10. The number of para-hydroxylation sites is 1. The van der Waals surface area contributed by atoms with Crippen molar-refractivity contribution in [2.24, 2.45) is 5.16 Å². The average Bonchev–Trinajstić information content (AvgIpc) is 2.62. The summed E-state index contributed by atoms with van der Waals surface area (Å²) in [5.74, 6) is 0.880. The SMILES string of the molecule is CC(=NO)Oc1c[nH]c2ccccc12. The number of nitrogens with one attached hydrogen (secondary N) is 1. The fraction of sp³-hybridized carbons (Fsp3) is 0.100. The van der Waals surface area contributed by atoms with E-state index in [0.29, 0.717) is 5.75 Å². The fourth-order valence-electron chi connectivity index (χ4n) is 1.31. The Morgan fingerprint density at radius 2 is 2.21 bits per heavy atom. The van der Waals surface area contributed by atoms with E-state index in [0.717, 1.165) is 10.9 Å². The molecule has 4 nitrogen and oxygen atoms in total. The maximum atomic E-state index is 8.46. The van der Waals surface area contributed by atoms with Gasteiger partial charge in [-0.1, -0.05) is 17.3 Å². The summed E-state index contributed by atoms with van der Waals surface area (Å²) < 4.78 is 5.29. The predicted octanol–water partition coefficient (Wildman–Crippen LogP) is 2.35. The molecule has 0 unspecified atom stereocenters. The number of fused-ring (bicyclic) bond motifs is 1. The number of nitrogens with zero attached hydrogens (tertiary/aromatic N) is 1. The van der Waals surface area contributed by atoms with Crippen molar-refractivity contribution in [3.8, 4) is 5.75 Å². The third kappa shape index (κ3) is 1.42. The number of oxime groups is 1. The van der Waals surface area contributed by atoms with Gasteiger partial charge in [0.05, 0.1) is 0 Å². The molecule has 1 heterocycles. The summed E-state index contributed by atoms with van der Waals surface area (Å²) in [6.07, 6.45) is 1.74. The van der Waals surface area contributed by atoms with Gasteiger partial charge in [0.1, 0.15) is 0 Å². The number of aromatic nitrogens is 1. The molecule has 72 valence electrons. The Bertz CT molecular complexity index is 474. The predicted molar refractivity (Wildman–Crippen MR) is 53.8 cm³/mol. The summed E-state index contributed by atoms with van der Waals surface area (Å²) in [5, 5.41) is 12.4. The van der Waals surface area contributed by atoms with Gasteiger partial charge in [-0.15, -0.1) is 0 Å². The quantitative estimate of drug-likeness (QED) is 0.314. The summed E-state index contributed by atoms with van der Waals surface area (Å²) in [6.45, 7) is 1.59. The van der Waals surface area contributed by atoms with Crippen LogP contribution in [0.3, 0.4) is 0 Å². The maximum Gasteiger partial charge on any atom is 0.228 e. The first-order valence-electron chi connectivity index (χ1n) is 4.24. The van der Waals surface area contributed by atoms with E-state index < -0.39 is 0 Å². The highest BCUT2D eigenvalue weighted by Crippen LogP contribution is 2.24. The van der Waals surface area contributed by atoms with Crippen LogP contribution in [0.4, 0.5) is 0 Å². The number of rotatable bonds is 1. The summed E-state index contributed by atoms with van der Waals surface area (Å²) in [6, 6.07) is 7.75. The molecular formula is C10H10N2O2. The van der Waals surface area contributed by atoms with Gasteiger partial charge in [-0.25, -0.2) is 0 Å². The standard InChI is InChI=1S/C10H10N2O2/c1-7(12-13)14-10-6-11-9-5-3-2-4-8(9)10/h2-6,11,13H,1H3. The number of aromatic amines is 1. The van der Waals surface area contributed by atoms with E-state index >= 15 is 0 Å². The zero-order valence-corrected chi connectivity index (χ0v) is 7.69. The molecule has 0 fully saturated rings. The molecule has 0 aliphatic heterocycles. The smallest absolute Gasteiger partial charge is 0.228 e. The molecule has 2 rings (SSSR count). The zero-order chi connectivity index (χ0) is 9.97. The fourth-order valence-corrected chi connectivity index (χ4v) is 1.31. The van der Waals surface area contributed by atoms with Crippen LogP contribution in [0.15, 0.2) is 35.6 Å². The summed E-state index contributed by atoms with van der Waals surface area (Å²) >= 11 is 0. The minimum absolute atomic E-state index is 0.217. The van der Waals surface area contributed by atoms with E-state index in [1.807, 2.05) is 24.3 Å². The molecule has 0 bridgehead atoms. The average molecular weight is 190 g/mol. The lowest BCUT2D eigenvalue weighted by Gasteiger charge is -1.99. The van der Waals surface area contributed by atoms with Crippen LogP contribution in [0.5, 0.6) is 5.75 Å². The Morgan fingerprint density at radius 3 is 3.00 bits per heavy atom.